The molecule has 14 heavy (non-hydrogen) atoms. The molecule has 0 fully saturated rings. The van der Waals surface area contributed by atoms with E-state index >= 15 is 0 Å². The molecule has 0 amide bonds. The molecule has 0 heterocycles. The summed E-state index contributed by atoms with van der Waals surface area (Å²) in [6, 6.07) is 0. The van der Waals surface area contributed by atoms with E-state index in [0.29, 0.717) is 0 Å². The summed E-state index contributed by atoms with van der Waals surface area (Å²) in [4.78, 5) is 5.89. The van der Waals surface area contributed by atoms with Crippen molar-refractivity contribution >= 4 is 0 Å². The van der Waals surface area contributed by atoms with Crippen molar-refractivity contribution in [3.05, 3.63) is 0 Å². The van der Waals surface area contributed by atoms with Crippen molar-refractivity contribution in [1.29, 1.82) is 0 Å². The Morgan fingerprint density at radius 3 is 1.36 bits per heavy atom. The second kappa shape index (κ2) is 9.44. The van der Waals surface area contributed by atoms with Gasteiger partial charge >= 0.3 is 0 Å². The molecule has 0 aliphatic rings. The highest BCUT2D eigenvalue weighted by atomic mass is 16.7. The first-order chi connectivity index (χ1) is 6.24. The van der Waals surface area contributed by atoms with E-state index in [1.54, 1.807) is 0 Å². The predicted octanol–water partition coefficient (Wildman–Crippen LogP) is 2.81. The average Bonchev–Trinajstić information content (AvgIpc) is 2.06. The molecule has 0 aromatic rings. The third-order valence-electron chi connectivity index (χ3n) is 2.30. The summed E-state index contributed by atoms with van der Waals surface area (Å²) < 4.78 is 0.875. The first kappa shape index (κ1) is 16.3. The van der Waals surface area contributed by atoms with Gasteiger partial charge in [-0.3, -0.25) is 0 Å². The predicted molar refractivity (Wildman–Crippen MR) is 59.3 cm³/mol. The molecule has 1 N–H and O–H groups in total. The van der Waals surface area contributed by atoms with Crippen LogP contribution in [-0.4, -0.2) is 36.4 Å². The molecule has 0 saturated heterocycles. The van der Waals surface area contributed by atoms with Crippen LogP contribution in [0.5, 0.6) is 0 Å². The topological polar surface area (TPSA) is 39.2 Å². The highest BCUT2D eigenvalue weighted by Gasteiger charge is 2.25. The van der Waals surface area contributed by atoms with Crippen LogP contribution < -0.4 is 0 Å². The maximum atomic E-state index is 5.89. The highest BCUT2D eigenvalue weighted by molar-refractivity contribution is 4.35. The maximum Gasteiger partial charge on any atom is 0.109 e. The maximum absolute atomic E-state index is 5.89. The summed E-state index contributed by atoms with van der Waals surface area (Å²) in [5.74, 6) is 0. The smallest absolute Gasteiger partial charge is 0.109 e. The van der Waals surface area contributed by atoms with Gasteiger partial charge in [-0.25, -0.2) is 4.84 Å². The minimum absolute atomic E-state index is 0. The molecule has 0 aliphatic heterocycles. The first-order valence-electron chi connectivity index (χ1n) is 5.75. The van der Waals surface area contributed by atoms with Gasteiger partial charge < -0.3 is 5.48 Å². The number of rotatable bonds is 8. The number of hydrogen-bond acceptors (Lipinski definition) is 2. The summed E-state index contributed by atoms with van der Waals surface area (Å²) in [5.41, 5.74) is 0. The van der Waals surface area contributed by atoms with Crippen molar-refractivity contribution in [3.63, 3.8) is 0 Å². The minimum Gasteiger partial charge on any atom is -0.870 e. The molecule has 3 heteroatoms. The van der Waals surface area contributed by atoms with Gasteiger partial charge in [0.25, 0.3) is 0 Å². The van der Waals surface area contributed by atoms with E-state index in [2.05, 4.69) is 27.7 Å². The van der Waals surface area contributed by atoms with E-state index in [9.17, 15) is 0 Å². The lowest BCUT2D eigenvalue weighted by atomic mass is 10.3. The molecule has 0 aliphatic carbocycles. The molecule has 0 unspecified atom stereocenters. The summed E-state index contributed by atoms with van der Waals surface area (Å²) in [6.07, 6.45) is 3.62. The Hall–Kier alpha value is -0.120. The lowest BCUT2D eigenvalue weighted by molar-refractivity contribution is -1.10. The van der Waals surface area contributed by atoms with Crippen LogP contribution in [-0.2, 0) is 4.84 Å². The normalized spacial score (nSPS) is 11.1. The van der Waals surface area contributed by atoms with Crippen molar-refractivity contribution in [3.8, 4) is 0 Å². The molecule has 3 nitrogen and oxygen atoms in total. The molecule has 88 valence electrons. The number of hydroxylamine groups is 3. The molecule has 0 radical (unpaired) electrons. The van der Waals surface area contributed by atoms with Crippen LogP contribution in [0.2, 0.25) is 0 Å². The van der Waals surface area contributed by atoms with Crippen LogP contribution in [0.25, 0.3) is 0 Å². The zero-order valence-corrected chi connectivity index (χ0v) is 10.3. The van der Waals surface area contributed by atoms with Gasteiger partial charge in [0, 0.05) is 0 Å². The monoisotopic (exact) mass is 205 g/mol. The largest absolute Gasteiger partial charge is 0.870 e. The second-order valence-corrected chi connectivity index (χ2v) is 3.65. The zero-order valence-electron chi connectivity index (χ0n) is 10.3. The Morgan fingerprint density at radius 2 is 1.14 bits per heavy atom. The van der Waals surface area contributed by atoms with Gasteiger partial charge in [0.15, 0.2) is 0 Å². The summed E-state index contributed by atoms with van der Waals surface area (Å²) in [5, 5.41) is 0. The van der Waals surface area contributed by atoms with Crippen LogP contribution in [0.15, 0.2) is 0 Å². The van der Waals surface area contributed by atoms with Gasteiger partial charge in [0.2, 0.25) is 0 Å². The molecule has 0 rings (SSSR count). The van der Waals surface area contributed by atoms with E-state index in [-0.39, 0.29) is 5.48 Å². The fourth-order valence-corrected chi connectivity index (χ4v) is 2.03. The van der Waals surface area contributed by atoms with E-state index in [4.69, 9.17) is 4.84 Å². The van der Waals surface area contributed by atoms with E-state index in [1.807, 2.05) is 0 Å². The quantitative estimate of drug-likeness (QED) is 0.451. The van der Waals surface area contributed by atoms with Crippen LogP contribution in [0.3, 0.4) is 0 Å². The first-order valence-corrected chi connectivity index (χ1v) is 5.75. The third-order valence-corrected chi connectivity index (χ3v) is 2.30. The molecular weight excluding hydrogens is 178 g/mol. The summed E-state index contributed by atoms with van der Waals surface area (Å²) in [6.45, 7) is 13.1. The zero-order chi connectivity index (χ0) is 10.2. The molecular formula is C11H27NO2. The molecule has 0 aromatic heterocycles. The van der Waals surface area contributed by atoms with Crippen molar-refractivity contribution in [2.45, 2.75) is 47.0 Å². The Kier molecular flexibility index (Phi) is 11.0. The van der Waals surface area contributed by atoms with Crippen molar-refractivity contribution in [1.82, 2.24) is 0 Å². The summed E-state index contributed by atoms with van der Waals surface area (Å²) >= 11 is 0. The minimum atomic E-state index is 0. The van der Waals surface area contributed by atoms with Gasteiger partial charge in [0.1, 0.15) is 26.2 Å². The van der Waals surface area contributed by atoms with Crippen molar-refractivity contribution < 1.29 is 15.0 Å². The van der Waals surface area contributed by atoms with Crippen molar-refractivity contribution in [2.24, 2.45) is 0 Å². The molecule has 0 saturated carbocycles. The lowest BCUT2D eigenvalue weighted by Gasteiger charge is -2.34. The highest BCUT2D eigenvalue weighted by Crippen LogP contribution is 2.12. The van der Waals surface area contributed by atoms with Crippen LogP contribution in [0.1, 0.15) is 47.0 Å². The van der Waals surface area contributed by atoms with Gasteiger partial charge in [-0.05, 0) is 26.2 Å². The van der Waals surface area contributed by atoms with Gasteiger partial charge in [-0.15, -0.1) is 0 Å². The van der Waals surface area contributed by atoms with Crippen LogP contribution in [0, 0.1) is 0 Å². The van der Waals surface area contributed by atoms with Crippen molar-refractivity contribution in [2.75, 3.05) is 26.2 Å². The van der Waals surface area contributed by atoms with Gasteiger partial charge in [-0.2, -0.15) is 4.65 Å². The Morgan fingerprint density at radius 1 is 0.786 bits per heavy atom. The number of quaternary nitrogens is 1. The van der Waals surface area contributed by atoms with Gasteiger partial charge in [0.05, 0.1) is 0 Å². The number of hydrogen-bond donors (Lipinski definition) is 0. The second-order valence-electron chi connectivity index (χ2n) is 3.65. The fraction of sp³-hybridized carbons (Fsp3) is 1.00. The Balaban J connectivity index is 0. The van der Waals surface area contributed by atoms with Crippen LogP contribution >= 0.6 is 0 Å². The standard InChI is InChI=1S/C11H26NO.H2O/c1-5-9-12(10-6-2,11-7-3)13-8-4;/h5-11H2,1-4H3;1H2/q+1;/p-1. The molecule has 0 atom stereocenters. The van der Waals surface area contributed by atoms with Crippen LogP contribution in [0.4, 0.5) is 0 Å². The average molecular weight is 205 g/mol. The Labute approximate surface area is 88.9 Å². The third kappa shape index (κ3) is 5.58. The number of nitrogens with zero attached hydrogens (tertiary/aromatic N) is 1. The molecule has 0 spiro atoms. The van der Waals surface area contributed by atoms with Gasteiger partial charge in [-0.1, -0.05) is 20.8 Å². The van der Waals surface area contributed by atoms with E-state index < -0.39 is 0 Å². The lowest BCUT2D eigenvalue weighted by Crippen LogP contribution is -2.49. The SMILES string of the molecule is CCC[N+](CCC)(CCC)OCC.[OH-]. The Bertz CT molecular complexity index is 88.3. The van der Waals surface area contributed by atoms with E-state index in [1.165, 1.54) is 19.3 Å². The van der Waals surface area contributed by atoms with E-state index in [0.717, 1.165) is 30.9 Å². The molecule has 0 aromatic carbocycles. The summed E-state index contributed by atoms with van der Waals surface area (Å²) in [7, 11) is 0. The fourth-order valence-electron chi connectivity index (χ4n) is 2.03. The molecule has 0 bridgehead atoms.